The van der Waals surface area contributed by atoms with Gasteiger partial charge in [0.05, 0.1) is 18.2 Å². The molecule has 1 heterocycles. The smallest absolute Gasteiger partial charge is 0.176 e. The Morgan fingerprint density at radius 3 is 2.71 bits per heavy atom. The summed E-state index contributed by atoms with van der Waals surface area (Å²) >= 11 is 11.1. The van der Waals surface area contributed by atoms with Gasteiger partial charge in [0, 0.05) is 11.3 Å². The lowest BCUT2D eigenvalue weighted by Crippen LogP contribution is -2.44. The fourth-order valence-corrected chi connectivity index (χ4v) is 2.82. The van der Waals surface area contributed by atoms with Crippen LogP contribution in [0.5, 0.6) is 11.5 Å². The minimum absolute atomic E-state index is 0.0804. The maximum absolute atomic E-state index is 11.9. The number of ketones is 1. The summed E-state index contributed by atoms with van der Waals surface area (Å²) in [5.74, 6) is 0.0250. The summed E-state index contributed by atoms with van der Waals surface area (Å²) in [7, 11) is 1.43. The molecule has 0 bridgehead atoms. The Bertz CT molecular complexity index is 658. The highest BCUT2D eigenvalue weighted by Crippen LogP contribution is 2.39. The molecule has 3 N–H and O–H groups in total. The molecule has 0 fully saturated rings. The predicted octanol–water partition coefficient (Wildman–Crippen LogP) is 2.44. The Morgan fingerprint density at radius 2 is 2.14 bits per heavy atom. The number of phenols is 1. The third kappa shape index (κ3) is 2.96. The fourth-order valence-electron chi connectivity index (χ4n) is 2.33. The zero-order valence-electron chi connectivity index (χ0n) is 11.8. The van der Waals surface area contributed by atoms with Gasteiger partial charge in [-0.1, -0.05) is 11.6 Å². The second-order valence-electron chi connectivity index (χ2n) is 4.68. The molecule has 1 atom stereocenters. The Morgan fingerprint density at radius 1 is 1.48 bits per heavy atom. The van der Waals surface area contributed by atoms with E-state index in [1.54, 1.807) is 19.1 Å². The number of hydrogen-bond donors (Lipinski definition) is 3. The lowest BCUT2D eigenvalue weighted by atomic mass is 9.93. The van der Waals surface area contributed by atoms with Crippen LogP contribution in [0.2, 0.25) is 5.02 Å². The lowest BCUT2D eigenvalue weighted by molar-refractivity contribution is -0.114. The van der Waals surface area contributed by atoms with E-state index in [1.165, 1.54) is 14.0 Å². The van der Waals surface area contributed by atoms with E-state index in [-0.39, 0.29) is 22.3 Å². The van der Waals surface area contributed by atoms with Gasteiger partial charge in [-0.05, 0) is 43.8 Å². The molecule has 0 radical (unpaired) electrons. The Kier molecular flexibility index (Phi) is 4.39. The van der Waals surface area contributed by atoms with E-state index in [2.05, 4.69) is 10.6 Å². The minimum Gasteiger partial charge on any atom is -0.503 e. The number of carbonyl (C=O) groups is 1. The molecule has 1 aromatic rings. The average molecular weight is 327 g/mol. The van der Waals surface area contributed by atoms with Crippen molar-refractivity contribution in [3.8, 4) is 11.5 Å². The molecule has 112 valence electrons. The molecule has 0 saturated heterocycles. The standard InChI is InChI=1S/C14H15ClN2O3S/c1-6-11(7(2)18)12(17-14(21)16-6)8-4-9(15)13(19)10(5-8)20-3/h4-5,12,19H,1-3H3,(H2,16,17,21)/t12-/m0/s1. The second kappa shape index (κ2) is 5.91. The average Bonchev–Trinajstić information content (AvgIpc) is 2.40. The molecular weight excluding hydrogens is 312 g/mol. The molecule has 0 unspecified atom stereocenters. The summed E-state index contributed by atoms with van der Waals surface area (Å²) in [6.07, 6.45) is 0. The number of halogens is 1. The topological polar surface area (TPSA) is 70.6 Å². The van der Waals surface area contributed by atoms with E-state index >= 15 is 0 Å². The second-order valence-corrected chi connectivity index (χ2v) is 5.50. The normalized spacial score (nSPS) is 18.1. The number of aromatic hydroxyl groups is 1. The number of Topliss-reactive ketones (excluding diaryl/α,β-unsaturated/α-hetero) is 1. The first kappa shape index (κ1) is 15.6. The molecule has 1 aromatic carbocycles. The van der Waals surface area contributed by atoms with E-state index in [1.807, 2.05) is 0 Å². The molecule has 0 aliphatic carbocycles. The van der Waals surface area contributed by atoms with Gasteiger partial charge in [0.15, 0.2) is 22.4 Å². The quantitative estimate of drug-likeness (QED) is 0.741. The lowest BCUT2D eigenvalue weighted by Gasteiger charge is -2.30. The summed E-state index contributed by atoms with van der Waals surface area (Å²) in [5.41, 5.74) is 1.94. The van der Waals surface area contributed by atoms with Crippen LogP contribution in [0.3, 0.4) is 0 Å². The molecule has 7 heteroatoms. The molecule has 21 heavy (non-hydrogen) atoms. The molecule has 1 aliphatic rings. The molecular formula is C14H15ClN2O3S. The van der Waals surface area contributed by atoms with Crippen LogP contribution in [-0.2, 0) is 4.79 Å². The van der Waals surface area contributed by atoms with Crippen LogP contribution in [0.1, 0.15) is 25.5 Å². The van der Waals surface area contributed by atoms with E-state index in [4.69, 9.17) is 28.6 Å². The van der Waals surface area contributed by atoms with E-state index < -0.39 is 6.04 Å². The molecule has 5 nitrogen and oxygen atoms in total. The van der Waals surface area contributed by atoms with Crippen molar-refractivity contribution in [3.05, 3.63) is 34.0 Å². The van der Waals surface area contributed by atoms with Gasteiger partial charge >= 0.3 is 0 Å². The molecule has 1 aliphatic heterocycles. The molecule has 0 spiro atoms. The van der Waals surface area contributed by atoms with Gasteiger partial charge in [0.1, 0.15) is 0 Å². The van der Waals surface area contributed by atoms with E-state index in [0.29, 0.717) is 21.9 Å². The van der Waals surface area contributed by atoms with Crippen LogP contribution in [-0.4, -0.2) is 23.1 Å². The molecule has 2 rings (SSSR count). The van der Waals surface area contributed by atoms with Gasteiger partial charge in [0.2, 0.25) is 0 Å². The number of rotatable bonds is 3. The van der Waals surface area contributed by atoms with Crippen molar-refractivity contribution < 1.29 is 14.6 Å². The highest BCUT2D eigenvalue weighted by Gasteiger charge is 2.28. The van der Waals surface area contributed by atoms with Crippen LogP contribution in [0.15, 0.2) is 23.4 Å². The summed E-state index contributed by atoms with van der Waals surface area (Å²) in [5, 5.41) is 16.3. The first-order valence-electron chi connectivity index (χ1n) is 6.20. The number of carbonyl (C=O) groups excluding carboxylic acids is 1. The Labute approximate surface area is 132 Å². The summed E-state index contributed by atoms with van der Waals surface area (Å²) in [6.45, 7) is 3.28. The van der Waals surface area contributed by atoms with Gasteiger partial charge in [-0.2, -0.15) is 0 Å². The monoisotopic (exact) mass is 326 g/mol. The number of methoxy groups -OCH3 is 1. The summed E-state index contributed by atoms with van der Waals surface area (Å²) in [6, 6.07) is 2.77. The maximum Gasteiger partial charge on any atom is 0.176 e. The van der Waals surface area contributed by atoms with Crippen LogP contribution >= 0.6 is 23.8 Å². The van der Waals surface area contributed by atoms with Gasteiger partial charge in [0.25, 0.3) is 0 Å². The fraction of sp³-hybridized carbons (Fsp3) is 0.286. The predicted molar refractivity (Wildman–Crippen MR) is 84.7 cm³/mol. The van der Waals surface area contributed by atoms with Crippen molar-refractivity contribution in [2.75, 3.05) is 7.11 Å². The van der Waals surface area contributed by atoms with Gasteiger partial charge in [-0.25, -0.2) is 0 Å². The number of hydrogen-bond acceptors (Lipinski definition) is 4. The summed E-state index contributed by atoms with van der Waals surface area (Å²) < 4.78 is 5.09. The number of nitrogens with one attached hydrogen (secondary N) is 2. The van der Waals surface area contributed by atoms with Crippen molar-refractivity contribution >= 4 is 34.7 Å². The van der Waals surface area contributed by atoms with Gasteiger partial charge < -0.3 is 20.5 Å². The van der Waals surface area contributed by atoms with E-state index in [9.17, 15) is 9.90 Å². The first-order chi connectivity index (χ1) is 9.85. The van der Waals surface area contributed by atoms with Crippen LogP contribution in [0, 0.1) is 0 Å². The summed E-state index contributed by atoms with van der Waals surface area (Å²) in [4.78, 5) is 11.9. The van der Waals surface area contributed by atoms with E-state index in [0.717, 1.165) is 0 Å². The zero-order valence-corrected chi connectivity index (χ0v) is 13.4. The number of allylic oxidation sites excluding steroid dienone is 1. The third-order valence-corrected chi connectivity index (χ3v) is 3.76. The third-order valence-electron chi connectivity index (χ3n) is 3.25. The van der Waals surface area contributed by atoms with Crippen LogP contribution in [0.25, 0.3) is 0 Å². The van der Waals surface area contributed by atoms with Gasteiger partial charge in [-0.15, -0.1) is 0 Å². The number of phenolic OH excluding ortho intramolecular Hbond substituents is 1. The highest BCUT2D eigenvalue weighted by atomic mass is 35.5. The number of ether oxygens (including phenoxy) is 1. The van der Waals surface area contributed by atoms with Crippen molar-refractivity contribution in [1.29, 1.82) is 0 Å². The van der Waals surface area contributed by atoms with Crippen molar-refractivity contribution in [3.63, 3.8) is 0 Å². The number of benzene rings is 1. The van der Waals surface area contributed by atoms with Crippen molar-refractivity contribution in [2.24, 2.45) is 0 Å². The van der Waals surface area contributed by atoms with Gasteiger partial charge in [-0.3, -0.25) is 4.79 Å². The van der Waals surface area contributed by atoms with Crippen molar-refractivity contribution in [2.45, 2.75) is 19.9 Å². The van der Waals surface area contributed by atoms with Crippen LogP contribution < -0.4 is 15.4 Å². The molecule has 0 amide bonds. The largest absolute Gasteiger partial charge is 0.503 e. The molecule has 0 aromatic heterocycles. The Balaban J connectivity index is 2.58. The Hall–Kier alpha value is -1.79. The molecule has 0 saturated carbocycles. The maximum atomic E-state index is 11.9. The van der Waals surface area contributed by atoms with Crippen LogP contribution in [0.4, 0.5) is 0 Å². The number of thiocarbonyl (C=S) groups is 1. The zero-order chi connectivity index (χ0) is 15.7. The highest BCUT2D eigenvalue weighted by molar-refractivity contribution is 7.80. The minimum atomic E-state index is -0.441. The van der Waals surface area contributed by atoms with Crippen molar-refractivity contribution in [1.82, 2.24) is 10.6 Å². The first-order valence-corrected chi connectivity index (χ1v) is 6.99. The SMILES string of the molecule is COc1cc([C@@H]2NC(=S)NC(C)=C2C(C)=O)cc(Cl)c1O.